The highest BCUT2D eigenvalue weighted by atomic mass is 35.5. The zero-order valence-corrected chi connectivity index (χ0v) is 17.9. The third-order valence-electron chi connectivity index (χ3n) is 5.57. The van der Waals surface area contributed by atoms with Gasteiger partial charge in [-0.05, 0) is 37.1 Å². The fourth-order valence-electron chi connectivity index (χ4n) is 3.89. The van der Waals surface area contributed by atoms with Crippen molar-refractivity contribution in [1.29, 1.82) is 0 Å². The number of nitrogens with zero attached hydrogens (tertiary/aromatic N) is 3. The molecule has 29 heavy (non-hydrogen) atoms. The summed E-state index contributed by atoms with van der Waals surface area (Å²) in [4.78, 5) is 6.89. The van der Waals surface area contributed by atoms with Crippen LogP contribution in [0.25, 0.3) is 0 Å². The molecule has 0 saturated carbocycles. The van der Waals surface area contributed by atoms with Gasteiger partial charge in [-0.25, -0.2) is 13.4 Å². The Labute approximate surface area is 177 Å². The van der Waals surface area contributed by atoms with Crippen LogP contribution in [0.1, 0.15) is 32.1 Å². The molecule has 2 aromatic rings. The molecule has 8 heteroatoms. The van der Waals surface area contributed by atoms with Crippen LogP contribution in [-0.2, 0) is 10.0 Å². The number of anilines is 1. The van der Waals surface area contributed by atoms with Gasteiger partial charge >= 0.3 is 0 Å². The quantitative estimate of drug-likeness (QED) is 0.711. The van der Waals surface area contributed by atoms with Crippen LogP contribution in [-0.4, -0.2) is 50.0 Å². The molecule has 0 aliphatic carbocycles. The molecule has 1 aromatic carbocycles. The normalized spacial score (nSPS) is 19.3. The zero-order chi connectivity index (χ0) is 20.3. The molecule has 0 N–H and O–H groups in total. The van der Waals surface area contributed by atoms with E-state index in [1.807, 2.05) is 30.3 Å². The molecule has 4 rings (SSSR count). The number of aromatic nitrogens is 1. The summed E-state index contributed by atoms with van der Waals surface area (Å²) >= 11 is 6.18. The number of pyridine rings is 1. The zero-order valence-electron chi connectivity index (χ0n) is 16.3. The average Bonchev–Trinajstić information content (AvgIpc) is 2.77. The molecule has 156 valence electrons. The first-order valence-corrected chi connectivity index (χ1v) is 12.0. The van der Waals surface area contributed by atoms with Gasteiger partial charge in [-0.2, -0.15) is 4.31 Å². The maximum Gasteiger partial charge on any atom is 0.244 e. The van der Waals surface area contributed by atoms with Crippen molar-refractivity contribution < 1.29 is 13.2 Å². The van der Waals surface area contributed by atoms with Crippen molar-refractivity contribution in [3.05, 3.63) is 47.6 Å². The molecule has 1 aromatic heterocycles. The Morgan fingerprint density at radius 2 is 1.69 bits per heavy atom. The van der Waals surface area contributed by atoms with Crippen molar-refractivity contribution in [2.45, 2.75) is 43.1 Å². The lowest BCUT2D eigenvalue weighted by Crippen LogP contribution is -2.39. The Balaban J connectivity index is 1.36. The van der Waals surface area contributed by atoms with Crippen LogP contribution in [0.3, 0.4) is 0 Å². The summed E-state index contributed by atoms with van der Waals surface area (Å²) in [5, 5.41) is 0.627. The Kier molecular flexibility index (Phi) is 6.27. The van der Waals surface area contributed by atoms with Gasteiger partial charge in [-0.15, -0.1) is 0 Å². The van der Waals surface area contributed by atoms with E-state index >= 15 is 0 Å². The van der Waals surface area contributed by atoms with Crippen molar-refractivity contribution >= 4 is 27.4 Å². The second-order valence-electron chi connectivity index (χ2n) is 7.55. The van der Waals surface area contributed by atoms with Crippen LogP contribution in [0.4, 0.5) is 5.82 Å². The maximum atomic E-state index is 12.8. The second-order valence-corrected chi connectivity index (χ2v) is 9.90. The smallest absolute Gasteiger partial charge is 0.244 e. The number of ether oxygens (including phenoxy) is 1. The van der Waals surface area contributed by atoms with Gasteiger partial charge in [-0.3, -0.25) is 0 Å². The standard InChI is InChI=1S/C21H26ClN3O3S/c22-19-6-2-3-7-20(19)28-17-10-14-24(15-11-17)21-9-8-18(16-23-21)29(26,27)25-12-4-1-5-13-25/h2-3,6-9,16-17H,1,4-5,10-15H2. The minimum atomic E-state index is -3.44. The van der Waals surface area contributed by atoms with E-state index in [2.05, 4.69) is 9.88 Å². The summed E-state index contributed by atoms with van der Waals surface area (Å²) in [5.41, 5.74) is 0. The largest absolute Gasteiger partial charge is 0.489 e. The lowest BCUT2D eigenvalue weighted by molar-refractivity contribution is 0.171. The van der Waals surface area contributed by atoms with E-state index in [9.17, 15) is 8.42 Å². The van der Waals surface area contributed by atoms with Crippen LogP contribution in [0.15, 0.2) is 47.5 Å². The van der Waals surface area contributed by atoms with E-state index in [1.165, 1.54) is 6.20 Å². The SMILES string of the molecule is O=S(=O)(c1ccc(N2CCC(Oc3ccccc3Cl)CC2)nc1)N1CCCCC1. The molecule has 3 heterocycles. The maximum absolute atomic E-state index is 12.8. The number of para-hydroxylation sites is 1. The number of halogens is 1. The second kappa shape index (κ2) is 8.90. The summed E-state index contributed by atoms with van der Waals surface area (Å²) in [6.45, 7) is 2.81. The number of hydrogen-bond donors (Lipinski definition) is 0. The van der Waals surface area contributed by atoms with Gasteiger partial charge in [-0.1, -0.05) is 30.2 Å². The van der Waals surface area contributed by atoms with Crippen molar-refractivity contribution in [1.82, 2.24) is 9.29 Å². The Hall–Kier alpha value is -1.83. The predicted octanol–water partition coefficient (Wildman–Crippen LogP) is 3.96. The number of benzene rings is 1. The highest BCUT2D eigenvalue weighted by molar-refractivity contribution is 7.89. The molecule has 2 saturated heterocycles. The number of piperidine rings is 2. The molecule has 0 unspecified atom stereocenters. The minimum Gasteiger partial charge on any atom is -0.489 e. The Morgan fingerprint density at radius 3 is 2.34 bits per heavy atom. The van der Waals surface area contributed by atoms with Gasteiger partial charge in [0.15, 0.2) is 0 Å². The summed E-state index contributed by atoms with van der Waals surface area (Å²) in [6.07, 6.45) is 6.28. The van der Waals surface area contributed by atoms with Crippen molar-refractivity contribution in [2.24, 2.45) is 0 Å². The summed E-state index contributed by atoms with van der Waals surface area (Å²) in [7, 11) is -3.44. The highest BCUT2D eigenvalue weighted by Gasteiger charge is 2.27. The van der Waals surface area contributed by atoms with Crippen LogP contribution >= 0.6 is 11.6 Å². The van der Waals surface area contributed by atoms with Gasteiger partial charge < -0.3 is 9.64 Å². The molecule has 0 radical (unpaired) electrons. The van der Waals surface area contributed by atoms with E-state index in [0.29, 0.717) is 18.1 Å². The van der Waals surface area contributed by atoms with Crippen LogP contribution in [0.5, 0.6) is 5.75 Å². The molecule has 2 fully saturated rings. The monoisotopic (exact) mass is 435 g/mol. The fraction of sp³-hybridized carbons (Fsp3) is 0.476. The molecule has 0 amide bonds. The van der Waals surface area contributed by atoms with E-state index < -0.39 is 10.0 Å². The van der Waals surface area contributed by atoms with Gasteiger partial charge in [0.05, 0.1) is 5.02 Å². The lowest BCUT2D eigenvalue weighted by Gasteiger charge is -2.33. The molecule has 2 aliphatic rings. The Morgan fingerprint density at radius 1 is 0.966 bits per heavy atom. The molecule has 0 bridgehead atoms. The number of rotatable bonds is 5. The molecular formula is C21H26ClN3O3S. The van der Waals surface area contributed by atoms with E-state index in [4.69, 9.17) is 16.3 Å². The molecule has 6 nitrogen and oxygen atoms in total. The Bertz CT molecular complexity index is 922. The molecule has 0 spiro atoms. The van der Waals surface area contributed by atoms with Crippen molar-refractivity contribution in [2.75, 3.05) is 31.1 Å². The van der Waals surface area contributed by atoms with Gasteiger partial charge in [0, 0.05) is 45.2 Å². The first kappa shape index (κ1) is 20.4. The summed E-state index contributed by atoms with van der Waals surface area (Å²) in [5.74, 6) is 1.52. The fourth-order valence-corrected chi connectivity index (χ4v) is 5.53. The average molecular weight is 436 g/mol. The van der Waals surface area contributed by atoms with Crippen LogP contribution < -0.4 is 9.64 Å². The highest BCUT2D eigenvalue weighted by Crippen LogP contribution is 2.28. The third kappa shape index (κ3) is 4.68. The first-order valence-electron chi connectivity index (χ1n) is 10.2. The van der Waals surface area contributed by atoms with Crippen LogP contribution in [0, 0.1) is 0 Å². The molecule has 0 atom stereocenters. The molecular weight excluding hydrogens is 410 g/mol. The summed E-state index contributed by atoms with van der Waals surface area (Å²) in [6, 6.07) is 11.0. The van der Waals surface area contributed by atoms with E-state index in [-0.39, 0.29) is 11.0 Å². The number of hydrogen-bond acceptors (Lipinski definition) is 5. The van der Waals surface area contributed by atoms with Gasteiger partial charge in [0.2, 0.25) is 10.0 Å². The summed E-state index contributed by atoms with van der Waals surface area (Å²) < 4.78 is 33.1. The predicted molar refractivity (Wildman–Crippen MR) is 114 cm³/mol. The minimum absolute atomic E-state index is 0.116. The number of sulfonamides is 1. The van der Waals surface area contributed by atoms with Gasteiger partial charge in [0.25, 0.3) is 0 Å². The van der Waals surface area contributed by atoms with E-state index in [1.54, 1.807) is 10.4 Å². The third-order valence-corrected chi connectivity index (χ3v) is 7.76. The lowest BCUT2D eigenvalue weighted by atomic mass is 10.1. The van der Waals surface area contributed by atoms with Crippen molar-refractivity contribution in [3.8, 4) is 5.75 Å². The topological polar surface area (TPSA) is 62.7 Å². The van der Waals surface area contributed by atoms with Crippen LogP contribution in [0.2, 0.25) is 5.02 Å². The van der Waals surface area contributed by atoms with Gasteiger partial charge in [0.1, 0.15) is 22.6 Å². The van der Waals surface area contributed by atoms with E-state index in [0.717, 1.165) is 56.8 Å². The van der Waals surface area contributed by atoms with Crippen molar-refractivity contribution in [3.63, 3.8) is 0 Å². The first-order chi connectivity index (χ1) is 14.0. The molecule has 2 aliphatic heterocycles.